The first-order chi connectivity index (χ1) is 15.4. The number of carbonyl (C=O) groups is 4. The highest BCUT2D eigenvalue weighted by Gasteiger charge is 2.64. The van der Waals surface area contributed by atoms with Gasteiger partial charge in [0.05, 0.1) is 11.8 Å². The van der Waals surface area contributed by atoms with E-state index in [0.717, 1.165) is 22.2 Å². The van der Waals surface area contributed by atoms with Crippen molar-refractivity contribution in [3.05, 3.63) is 70.2 Å². The number of nitrogens with zero attached hydrogens (tertiary/aromatic N) is 1. The second kappa shape index (κ2) is 8.28. The van der Waals surface area contributed by atoms with Gasteiger partial charge < -0.3 is 4.74 Å². The van der Waals surface area contributed by atoms with E-state index in [9.17, 15) is 19.2 Å². The van der Waals surface area contributed by atoms with E-state index in [1.54, 1.807) is 24.3 Å². The van der Waals surface area contributed by atoms with Gasteiger partial charge in [0, 0.05) is 10.0 Å². The minimum Gasteiger partial charge on any atom is -0.456 e. The Morgan fingerprint density at radius 1 is 0.938 bits per heavy atom. The number of Topliss-reactive ketones (excluding diaryl/α,β-unsaturated/α-hetero) is 1. The summed E-state index contributed by atoms with van der Waals surface area (Å²) in [6.45, 7) is -0.862. The van der Waals surface area contributed by atoms with Crippen molar-refractivity contribution in [2.24, 2.45) is 23.7 Å². The van der Waals surface area contributed by atoms with Crippen molar-refractivity contribution in [3.63, 3.8) is 0 Å². The molecule has 0 radical (unpaired) electrons. The molecule has 0 N–H and O–H groups in total. The lowest BCUT2D eigenvalue weighted by Gasteiger charge is -2.28. The van der Waals surface area contributed by atoms with Crippen LogP contribution in [0.2, 0.25) is 0 Å². The minimum absolute atomic E-state index is 0.129. The normalized spacial score (nSPS) is 28.2. The fourth-order valence-electron chi connectivity index (χ4n) is 5.80. The molecule has 7 heteroatoms. The van der Waals surface area contributed by atoms with E-state index >= 15 is 0 Å². The lowest BCUT2D eigenvalue weighted by Crippen LogP contribution is -2.38. The Hall–Kier alpha value is -2.80. The Bertz CT molecular complexity index is 1080. The van der Waals surface area contributed by atoms with Crippen molar-refractivity contribution in [1.82, 2.24) is 4.90 Å². The molecule has 2 saturated carbocycles. The number of carbonyl (C=O) groups excluding carboxylic acids is 4. The van der Waals surface area contributed by atoms with Crippen molar-refractivity contribution in [3.8, 4) is 0 Å². The van der Waals surface area contributed by atoms with Crippen molar-refractivity contribution >= 4 is 39.5 Å². The fraction of sp³-hybridized carbons (Fsp3) is 0.360. The third kappa shape index (κ3) is 3.58. The Morgan fingerprint density at radius 2 is 1.62 bits per heavy atom. The molecule has 3 fully saturated rings. The first kappa shape index (κ1) is 21.1. The number of amides is 2. The summed E-state index contributed by atoms with van der Waals surface area (Å²) in [5, 5.41) is 0. The van der Waals surface area contributed by atoms with Crippen LogP contribution in [0.15, 0.2) is 59.1 Å². The molecule has 6 nitrogen and oxygen atoms in total. The molecule has 1 heterocycles. The van der Waals surface area contributed by atoms with Crippen LogP contribution >= 0.6 is 15.9 Å². The van der Waals surface area contributed by atoms with Crippen LogP contribution in [0.5, 0.6) is 0 Å². The number of likely N-dealkylation sites (tertiary alicyclic amines) is 1. The van der Waals surface area contributed by atoms with E-state index < -0.39 is 19.1 Å². The molecular formula is C25H22BrNO5. The standard InChI is InChI=1S/C25H22BrNO5/c26-17-8-6-15(7-9-17)20(28)13-32-21(29)12-27-24(30)22-16-10-18(14-4-2-1-3-5-14)19(11-16)23(22)25(27)31/h1-9,16,18-19,22-23H,10-13H2/t16-,18-,19-,22+,23+/m0/s1. The van der Waals surface area contributed by atoms with E-state index in [-0.39, 0.29) is 47.2 Å². The lowest BCUT2D eigenvalue weighted by atomic mass is 9.73. The third-order valence-electron chi connectivity index (χ3n) is 7.15. The maximum Gasteiger partial charge on any atom is 0.326 e. The van der Waals surface area contributed by atoms with Gasteiger partial charge in [-0.1, -0.05) is 58.4 Å². The van der Waals surface area contributed by atoms with Crippen LogP contribution in [-0.2, 0) is 19.1 Å². The van der Waals surface area contributed by atoms with Crippen molar-refractivity contribution in [2.75, 3.05) is 13.2 Å². The molecular weight excluding hydrogens is 474 g/mol. The SMILES string of the molecule is O=C(CN1C(=O)[C@@H]2[C@@H]3C[C@H]([C@H]2C1=O)[C@H](c1ccccc1)C3)OCC(=O)c1ccc(Br)cc1. The van der Waals surface area contributed by atoms with E-state index in [2.05, 4.69) is 28.1 Å². The molecule has 0 unspecified atom stereocenters. The molecule has 0 spiro atoms. The zero-order chi connectivity index (χ0) is 22.4. The van der Waals surface area contributed by atoms with Gasteiger partial charge in [-0.15, -0.1) is 0 Å². The minimum atomic E-state index is -0.746. The molecule has 2 aliphatic carbocycles. The first-order valence-corrected chi connectivity index (χ1v) is 11.6. The van der Waals surface area contributed by atoms with Crippen LogP contribution in [0.3, 0.4) is 0 Å². The third-order valence-corrected chi connectivity index (χ3v) is 7.68. The summed E-state index contributed by atoms with van der Waals surface area (Å²) in [5.41, 5.74) is 1.63. The molecule has 3 aliphatic rings. The van der Waals surface area contributed by atoms with Gasteiger partial charge in [0.25, 0.3) is 0 Å². The molecule has 164 valence electrons. The number of hydrogen-bond acceptors (Lipinski definition) is 5. The molecule has 1 aliphatic heterocycles. The maximum absolute atomic E-state index is 13.1. The molecule has 2 amide bonds. The highest BCUT2D eigenvalue weighted by atomic mass is 79.9. The molecule has 32 heavy (non-hydrogen) atoms. The van der Waals surface area contributed by atoms with Gasteiger partial charge >= 0.3 is 5.97 Å². The summed E-state index contributed by atoms with van der Waals surface area (Å²) in [6, 6.07) is 16.9. The molecule has 2 bridgehead atoms. The largest absolute Gasteiger partial charge is 0.456 e. The highest BCUT2D eigenvalue weighted by Crippen LogP contribution is 2.61. The van der Waals surface area contributed by atoms with Gasteiger partial charge in [-0.25, -0.2) is 0 Å². The summed E-state index contributed by atoms with van der Waals surface area (Å²) in [6.07, 6.45) is 1.78. The van der Waals surface area contributed by atoms with Crippen LogP contribution < -0.4 is 0 Å². The summed E-state index contributed by atoms with van der Waals surface area (Å²) in [4.78, 5) is 51.7. The van der Waals surface area contributed by atoms with Gasteiger partial charge in [-0.2, -0.15) is 0 Å². The molecule has 5 rings (SSSR count). The van der Waals surface area contributed by atoms with Crippen molar-refractivity contribution < 1.29 is 23.9 Å². The van der Waals surface area contributed by atoms with Crippen LogP contribution in [-0.4, -0.2) is 41.6 Å². The first-order valence-electron chi connectivity index (χ1n) is 10.8. The van der Waals surface area contributed by atoms with Crippen molar-refractivity contribution in [1.29, 1.82) is 0 Å². The van der Waals surface area contributed by atoms with E-state index in [4.69, 9.17) is 4.74 Å². The van der Waals surface area contributed by atoms with Gasteiger partial charge in [0.15, 0.2) is 12.4 Å². The van der Waals surface area contributed by atoms with Crippen LogP contribution in [0, 0.1) is 23.7 Å². The van der Waals surface area contributed by atoms with E-state index in [1.165, 1.54) is 5.56 Å². The van der Waals surface area contributed by atoms with Gasteiger partial charge in [-0.3, -0.25) is 24.1 Å². The lowest BCUT2D eigenvalue weighted by molar-refractivity contribution is -0.152. The maximum atomic E-state index is 13.1. The van der Waals surface area contributed by atoms with Crippen LogP contribution in [0.1, 0.15) is 34.7 Å². The Morgan fingerprint density at radius 3 is 2.34 bits per heavy atom. The molecule has 0 aromatic heterocycles. The molecule has 5 atom stereocenters. The molecule has 1 saturated heterocycles. The van der Waals surface area contributed by atoms with Crippen molar-refractivity contribution in [2.45, 2.75) is 18.8 Å². The van der Waals surface area contributed by atoms with Gasteiger partial charge in [-0.05, 0) is 48.3 Å². The number of ether oxygens (including phenoxy) is 1. The topological polar surface area (TPSA) is 80.8 Å². The average molecular weight is 496 g/mol. The predicted molar refractivity (Wildman–Crippen MR) is 119 cm³/mol. The number of rotatable bonds is 6. The summed E-state index contributed by atoms with van der Waals surface area (Å²) >= 11 is 3.30. The Kier molecular flexibility index (Phi) is 5.45. The van der Waals surface area contributed by atoms with Gasteiger partial charge in [0.1, 0.15) is 6.54 Å². The molecule has 2 aromatic carbocycles. The average Bonchev–Trinajstić information content (AvgIpc) is 3.46. The Labute approximate surface area is 194 Å². The summed E-state index contributed by atoms with van der Waals surface area (Å²) in [7, 11) is 0. The monoisotopic (exact) mass is 495 g/mol. The van der Waals surface area contributed by atoms with E-state index in [0.29, 0.717) is 5.56 Å². The number of ketones is 1. The van der Waals surface area contributed by atoms with Crippen LogP contribution in [0.25, 0.3) is 0 Å². The zero-order valence-electron chi connectivity index (χ0n) is 17.3. The number of halogens is 1. The predicted octanol–water partition coefficient (Wildman–Crippen LogP) is 3.60. The smallest absolute Gasteiger partial charge is 0.326 e. The Balaban J connectivity index is 1.22. The quantitative estimate of drug-likeness (QED) is 0.347. The van der Waals surface area contributed by atoms with Crippen LogP contribution in [0.4, 0.5) is 0 Å². The summed E-state index contributed by atoms with van der Waals surface area (Å²) in [5.74, 6) is -1.74. The highest BCUT2D eigenvalue weighted by molar-refractivity contribution is 9.10. The number of esters is 1. The number of hydrogen-bond donors (Lipinski definition) is 0. The second-order valence-corrected chi connectivity index (χ2v) is 9.73. The number of fused-ring (bicyclic) bond motifs is 5. The zero-order valence-corrected chi connectivity index (χ0v) is 18.9. The fourth-order valence-corrected chi connectivity index (χ4v) is 6.06. The molecule has 2 aromatic rings. The van der Waals surface area contributed by atoms with E-state index in [1.807, 2.05) is 18.2 Å². The van der Waals surface area contributed by atoms with Gasteiger partial charge in [0.2, 0.25) is 11.8 Å². The second-order valence-electron chi connectivity index (χ2n) is 8.82. The number of benzene rings is 2. The number of imide groups is 1. The summed E-state index contributed by atoms with van der Waals surface area (Å²) < 4.78 is 5.92.